The molecule has 0 saturated carbocycles. The van der Waals surface area contributed by atoms with Gasteiger partial charge in [0.05, 0.1) is 31.7 Å². The normalized spacial score (nSPS) is 15.2. The maximum atomic E-state index is 13.2. The van der Waals surface area contributed by atoms with E-state index in [1.807, 2.05) is 4.90 Å². The molecular formula is C24H28N4O6. The predicted octanol–water partition coefficient (Wildman–Crippen LogP) is 2.73. The van der Waals surface area contributed by atoms with E-state index in [0.29, 0.717) is 54.3 Å². The zero-order valence-electron chi connectivity index (χ0n) is 19.4. The molecule has 1 fully saturated rings. The van der Waals surface area contributed by atoms with Crippen molar-refractivity contribution < 1.29 is 28.3 Å². The van der Waals surface area contributed by atoms with Crippen LogP contribution in [0.3, 0.4) is 0 Å². The Morgan fingerprint density at radius 1 is 1.18 bits per heavy atom. The summed E-state index contributed by atoms with van der Waals surface area (Å²) in [6, 6.07) is 8.15. The average Bonchev–Trinajstić information content (AvgIpc) is 3.52. The molecule has 0 unspecified atom stereocenters. The molecule has 3 heterocycles. The molecule has 2 N–H and O–H groups in total. The lowest BCUT2D eigenvalue weighted by molar-refractivity contribution is -0.121. The molecule has 1 aliphatic heterocycles. The number of methoxy groups -OCH3 is 1. The molecular weight excluding hydrogens is 440 g/mol. The van der Waals surface area contributed by atoms with E-state index in [4.69, 9.17) is 13.9 Å². The van der Waals surface area contributed by atoms with Gasteiger partial charge in [-0.1, -0.05) is 0 Å². The van der Waals surface area contributed by atoms with Crippen molar-refractivity contribution in [2.75, 3.05) is 45.2 Å². The Bertz CT molecular complexity index is 1180. The summed E-state index contributed by atoms with van der Waals surface area (Å²) in [6.07, 6.45) is 1.47. The van der Waals surface area contributed by atoms with Crippen LogP contribution in [-0.4, -0.2) is 78.5 Å². The fourth-order valence-corrected chi connectivity index (χ4v) is 4.05. The molecule has 1 aliphatic rings. The number of aromatic nitrogens is 1. The molecule has 1 aromatic carbocycles. The van der Waals surface area contributed by atoms with Crippen LogP contribution in [0.5, 0.6) is 5.75 Å². The highest BCUT2D eigenvalue weighted by Gasteiger charge is 2.30. The molecule has 0 spiro atoms. The number of amides is 2. The maximum absolute atomic E-state index is 13.2. The van der Waals surface area contributed by atoms with Gasteiger partial charge in [-0.25, -0.2) is 4.79 Å². The molecule has 34 heavy (non-hydrogen) atoms. The van der Waals surface area contributed by atoms with Crippen LogP contribution in [0.1, 0.15) is 34.9 Å². The first-order valence-electron chi connectivity index (χ1n) is 11.2. The van der Waals surface area contributed by atoms with E-state index < -0.39 is 12.0 Å². The summed E-state index contributed by atoms with van der Waals surface area (Å²) in [7, 11) is 1.55. The number of benzene rings is 1. The van der Waals surface area contributed by atoms with Crippen molar-refractivity contribution in [3.05, 3.63) is 48.0 Å². The first-order valence-corrected chi connectivity index (χ1v) is 11.2. The van der Waals surface area contributed by atoms with Gasteiger partial charge in [0, 0.05) is 37.1 Å². The van der Waals surface area contributed by atoms with E-state index in [-0.39, 0.29) is 24.1 Å². The number of furan rings is 1. The number of esters is 1. The van der Waals surface area contributed by atoms with E-state index in [0.717, 1.165) is 0 Å². The Kier molecular flexibility index (Phi) is 6.87. The van der Waals surface area contributed by atoms with Crippen LogP contribution in [0.2, 0.25) is 0 Å². The SMILES string of the molecule is CCOC(=O)c1[nH]c2ccc(OC)cc2c1NC(=O)[C@H](C)N1CCN(C(=O)c2ccco2)CC1. The van der Waals surface area contributed by atoms with Crippen LogP contribution in [0.4, 0.5) is 5.69 Å². The van der Waals surface area contributed by atoms with Crippen LogP contribution in [-0.2, 0) is 9.53 Å². The van der Waals surface area contributed by atoms with Crippen LogP contribution in [0.25, 0.3) is 10.9 Å². The second kappa shape index (κ2) is 10.0. The van der Waals surface area contributed by atoms with Crippen molar-refractivity contribution in [3.63, 3.8) is 0 Å². The number of hydrogen-bond donors (Lipinski definition) is 2. The number of carbonyl (C=O) groups excluding carboxylic acids is 3. The number of piperazine rings is 1. The van der Waals surface area contributed by atoms with Gasteiger partial charge in [-0.2, -0.15) is 0 Å². The monoisotopic (exact) mass is 468 g/mol. The topological polar surface area (TPSA) is 117 Å². The third-order valence-corrected chi connectivity index (χ3v) is 5.99. The van der Waals surface area contributed by atoms with Gasteiger partial charge < -0.3 is 29.1 Å². The highest BCUT2D eigenvalue weighted by molar-refractivity contribution is 6.12. The number of nitrogens with zero attached hydrogens (tertiary/aromatic N) is 2. The van der Waals surface area contributed by atoms with Gasteiger partial charge in [0.2, 0.25) is 5.91 Å². The average molecular weight is 469 g/mol. The standard InChI is InChI=1S/C24H28N4O6/c1-4-33-24(31)21-20(17-14-16(32-3)7-8-18(17)25-21)26-22(29)15(2)27-9-11-28(12-10-27)23(30)19-6-5-13-34-19/h5-8,13-15,25H,4,9-12H2,1-3H3,(H,26,29)/t15-/m0/s1. The lowest BCUT2D eigenvalue weighted by atomic mass is 10.1. The number of anilines is 1. The highest BCUT2D eigenvalue weighted by Crippen LogP contribution is 2.32. The van der Waals surface area contributed by atoms with Gasteiger partial charge in [0.1, 0.15) is 11.4 Å². The van der Waals surface area contributed by atoms with Gasteiger partial charge in [0.25, 0.3) is 5.91 Å². The number of hydrogen-bond acceptors (Lipinski definition) is 7. The minimum Gasteiger partial charge on any atom is -0.497 e. The highest BCUT2D eigenvalue weighted by atomic mass is 16.5. The summed E-state index contributed by atoms with van der Waals surface area (Å²) < 4.78 is 15.7. The van der Waals surface area contributed by atoms with Gasteiger partial charge in [0.15, 0.2) is 5.76 Å². The Morgan fingerprint density at radius 3 is 2.59 bits per heavy atom. The molecule has 3 aromatic rings. The molecule has 180 valence electrons. The molecule has 0 bridgehead atoms. The summed E-state index contributed by atoms with van der Waals surface area (Å²) in [5.41, 5.74) is 1.22. The Labute approximate surface area is 196 Å². The van der Waals surface area contributed by atoms with Gasteiger partial charge in [-0.05, 0) is 44.2 Å². The quantitative estimate of drug-likeness (QED) is 0.512. The number of fused-ring (bicyclic) bond motifs is 1. The second-order valence-corrected chi connectivity index (χ2v) is 7.98. The third-order valence-electron chi connectivity index (χ3n) is 5.99. The third kappa shape index (κ3) is 4.62. The van der Waals surface area contributed by atoms with E-state index in [1.165, 1.54) is 6.26 Å². The molecule has 1 saturated heterocycles. The fraction of sp³-hybridized carbons (Fsp3) is 0.375. The molecule has 1 atom stereocenters. The van der Waals surface area contributed by atoms with Crippen molar-refractivity contribution in [3.8, 4) is 5.75 Å². The van der Waals surface area contributed by atoms with E-state index >= 15 is 0 Å². The smallest absolute Gasteiger partial charge is 0.356 e. The van der Waals surface area contributed by atoms with E-state index in [1.54, 1.807) is 56.2 Å². The predicted molar refractivity (Wildman–Crippen MR) is 125 cm³/mol. The molecule has 0 radical (unpaired) electrons. The van der Waals surface area contributed by atoms with Crippen LogP contribution >= 0.6 is 0 Å². The minimum atomic E-state index is -0.550. The van der Waals surface area contributed by atoms with Crippen LogP contribution < -0.4 is 10.1 Å². The summed E-state index contributed by atoms with van der Waals surface area (Å²) in [5, 5.41) is 3.56. The largest absolute Gasteiger partial charge is 0.497 e. The number of H-pyrrole nitrogens is 1. The molecule has 0 aliphatic carbocycles. The molecule has 2 aromatic heterocycles. The molecule has 4 rings (SSSR count). The number of rotatable bonds is 7. The fourth-order valence-electron chi connectivity index (χ4n) is 4.05. The summed E-state index contributed by atoms with van der Waals surface area (Å²) >= 11 is 0. The Hall–Kier alpha value is -3.79. The van der Waals surface area contributed by atoms with Crippen molar-refractivity contribution in [1.82, 2.24) is 14.8 Å². The number of nitrogens with one attached hydrogen (secondary N) is 2. The zero-order chi connectivity index (χ0) is 24.2. The van der Waals surface area contributed by atoms with Crippen LogP contribution in [0.15, 0.2) is 41.0 Å². The second-order valence-electron chi connectivity index (χ2n) is 7.98. The van der Waals surface area contributed by atoms with Crippen molar-refractivity contribution >= 4 is 34.4 Å². The number of carbonyl (C=O) groups is 3. The Balaban J connectivity index is 1.48. The van der Waals surface area contributed by atoms with Crippen molar-refractivity contribution in [2.24, 2.45) is 0 Å². The molecule has 10 nitrogen and oxygen atoms in total. The zero-order valence-corrected chi connectivity index (χ0v) is 19.4. The van der Waals surface area contributed by atoms with Gasteiger partial charge >= 0.3 is 5.97 Å². The van der Waals surface area contributed by atoms with Crippen LogP contribution in [0, 0.1) is 0 Å². The minimum absolute atomic E-state index is 0.159. The molecule has 2 amide bonds. The first-order chi connectivity index (χ1) is 16.4. The maximum Gasteiger partial charge on any atom is 0.356 e. The van der Waals surface area contributed by atoms with E-state index in [2.05, 4.69) is 10.3 Å². The first kappa shape index (κ1) is 23.4. The number of ether oxygens (including phenoxy) is 2. The summed E-state index contributed by atoms with van der Waals surface area (Å²) in [5.74, 6) is -0.0670. The lowest BCUT2D eigenvalue weighted by Crippen LogP contribution is -2.54. The van der Waals surface area contributed by atoms with Gasteiger partial charge in [-0.15, -0.1) is 0 Å². The van der Waals surface area contributed by atoms with E-state index in [9.17, 15) is 14.4 Å². The lowest BCUT2D eigenvalue weighted by Gasteiger charge is -2.37. The number of aromatic amines is 1. The van der Waals surface area contributed by atoms with Crippen molar-refractivity contribution in [1.29, 1.82) is 0 Å². The van der Waals surface area contributed by atoms with Crippen molar-refractivity contribution in [2.45, 2.75) is 19.9 Å². The summed E-state index contributed by atoms with van der Waals surface area (Å²) in [4.78, 5) is 45.0. The summed E-state index contributed by atoms with van der Waals surface area (Å²) in [6.45, 7) is 5.77. The Morgan fingerprint density at radius 2 is 1.94 bits per heavy atom. The molecule has 10 heteroatoms. The van der Waals surface area contributed by atoms with Gasteiger partial charge in [-0.3, -0.25) is 14.5 Å².